The van der Waals surface area contributed by atoms with Crippen LogP contribution in [0.15, 0.2) is 48.5 Å². The second kappa shape index (κ2) is 9.49. The Morgan fingerprint density at radius 1 is 1.00 bits per heavy atom. The Hall–Kier alpha value is -3.35. The van der Waals surface area contributed by atoms with Gasteiger partial charge < -0.3 is 20.5 Å². The van der Waals surface area contributed by atoms with Gasteiger partial charge in [0.2, 0.25) is 5.91 Å². The fourth-order valence-electron chi connectivity index (χ4n) is 5.14. The van der Waals surface area contributed by atoms with Gasteiger partial charge in [-0.25, -0.2) is 9.59 Å². The molecule has 1 fully saturated rings. The average Bonchev–Trinajstić information content (AvgIpc) is 3.37. The van der Waals surface area contributed by atoms with E-state index in [1.54, 1.807) is 20.8 Å². The lowest BCUT2D eigenvalue weighted by Gasteiger charge is -2.30. The van der Waals surface area contributed by atoms with Crippen LogP contribution in [0.1, 0.15) is 57.1 Å². The number of amides is 2. The third kappa shape index (κ3) is 4.79. The van der Waals surface area contributed by atoms with Gasteiger partial charge in [-0.05, 0) is 40.5 Å². The fourth-order valence-corrected chi connectivity index (χ4v) is 5.14. The Kier molecular flexibility index (Phi) is 6.64. The van der Waals surface area contributed by atoms with Crippen molar-refractivity contribution in [3.05, 3.63) is 59.7 Å². The minimum atomic E-state index is -1.07. The van der Waals surface area contributed by atoms with E-state index in [0.717, 1.165) is 28.7 Å². The maximum atomic E-state index is 12.9. The number of alkyl carbamates (subject to hydrolysis) is 1. The SMILES string of the molecule is CC(C)(C)[C@H](NC(=O)[C@H]1CCC[C@H]1NC(=O)OCC1c2ccccc2-c2ccccc21)C(=O)O. The minimum absolute atomic E-state index is 0.0380. The second-order valence-corrected chi connectivity index (χ2v) is 10.3. The van der Waals surface area contributed by atoms with Gasteiger partial charge in [0.1, 0.15) is 12.6 Å². The third-order valence-electron chi connectivity index (χ3n) is 6.90. The highest BCUT2D eigenvalue weighted by molar-refractivity contribution is 5.86. The van der Waals surface area contributed by atoms with E-state index >= 15 is 0 Å². The third-order valence-corrected chi connectivity index (χ3v) is 6.90. The van der Waals surface area contributed by atoms with E-state index in [-0.39, 0.29) is 24.5 Å². The molecule has 2 aliphatic rings. The Labute approximate surface area is 199 Å². The lowest BCUT2D eigenvalue weighted by molar-refractivity contribution is -0.145. The Bertz CT molecular complexity index is 1040. The number of carboxylic acids is 1. The molecule has 34 heavy (non-hydrogen) atoms. The van der Waals surface area contributed by atoms with Crippen LogP contribution in [-0.4, -0.2) is 41.8 Å². The molecular formula is C27H32N2O5. The number of carbonyl (C=O) groups is 3. The smallest absolute Gasteiger partial charge is 0.407 e. The van der Waals surface area contributed by atoms with Crippen molar-refractivity contribution < 1.29 is 24.2 Å². The van der Waals surface area contributed by atoms with Crippen molar-refractivity contribution in [1.29, 1.82) is 0 Å². The van der Waals surface area contributed by atoms with E-state index in [9.17, 15) is 19.5 Å². The molecule has 2 aromatic rings. The summed E-state index contributed by atoms with van der Waals surface area (Å²) in [5.41, 5.74) is 3.96. The van der Waals surface area contributed by atoms with Crippen LogP contribution in [0, 0.1) is 11.3 Å². The van der Waals surface area contributed by atoms with E-state index < -0.39 is 29.4 Å². The Morgan fingerprint density at radius 2 is 1.59 bits per heavy atom. The zero-order chi connectivity index (χ0) is 24.5. The van der Waals surface area contributed by atoms with Gasteiger partial charge in [-0.1, -0.05) is 75.7 Å². The van der Waals surface area contributed by atoms with Gasteiger partial charge in [-0.2, -0.15) is 0 Å². The van der Waals surface area contributed by atoms with Crippen LogP contribution < -0.4 is 10.6 Å². The van der Waals surface area contributed by atoms with Crippen LogP contribution >= 0.6 is 0 Å². The number of ether oxygens (including phenoxy) is 1. The first kappa shape index (κ1) is 23.8. The predicted molar refractivity (Wildman–Crippen MR) is 128 cm³/mol. The summed E-state index contributed by atoms with van der Waals surface area (Å²) in [6, 6.07) is 14.9. The maximum absolute atomic E-state index is 12.9. The lowest BCUT2D eigenvalue weighted by atomic mass is 9.86. The monoisotopic (exact) mass is 464 g/mol. The highest BCUT2D eigenvalue weighted by Gasteiger charge is 2.39. The molecule has 2 aromatic carbocycles. The topological polar surface area (TPSA) is 105 Å². The summed E-state index contributed by atoms with van der Waals surface area (Å²) in [7, 11) is 0. The summed E-state index contributed by atoms with van der Waals surface area (Å²) >= 11 is 0. The van der Waals surface area contributed by atoms with Crippen LogP contribution in [-0.2, 0) is 14.3 Å². The molecule has 0 spiro atoms. The Morgan fingerprint density at radius 3 is 2.15 bits per heavy atom. The molecule has 0 saturated heterocycles. The summed E-state index contributed by atoms with van der Waals surface area (Å²) in [4.78, 5) is 37.2. The predicted octanol–water partition coefficient (Wildman–Crippen LogP) is 4.31. The summed E-state index contributed by atoms with van der Waals surface area (Å²) < 4.78 is 5.63. The summed E-state index contributed by atoms with van der Waals surface area (Å²) in [5.74, 6) is -1.93. The van der Waals surface area contributed by atoms with Crippen molar-refractivity contribution >= 4 is 18.0 Å². The molecule has 2 aliphatic carbocycles. The van der Waals surface area contributed by atoms with Crippen molar-refractivity contribution in [3.8, 4) is 11.1 Å². The van der Waals surface area contributed by atoms with E-state index in [4.69, 9.17) is 4.74 Å². The molecule has 4 rings (SSSR count). The zero-order valence-corrected chi connectivity index (χ0v) is 19.8. The molecule has 0 aliphatic heterocycles. The molecule has 7 heteroatoms. The molecule has 0 unspecified atom stereocenters. The van der Waals surface area contributed by atoms with Gasteiger partial charge in [0.25, 0.3) is 0 Å². The largest absolute Gasteiger partial charge is 0.480 e. The summed E-state index contributed by atoms with van der Waals surface area (Å²) in [5, 5.41) is 15.0. The second-order valence-electron chi connectivity index (χ2n) is 10.3. The molecule has 0 aromatic heterocycles. The fraction of sp³-hybridized carbons (Fsp3) is 0.444. The van der Waals surface area contributed by atoms with Gasteiger partial charge >= 0.3 is 12.1 Å². The van der Waals surface area contributed by atoms with Gasteiger partial charge in [0.05, 0.1) is 5.92 Å². The average molecular weight is 465 g/mol. The molecule has 0 bridgehead atoms. The summed E-state index contributed by atoms with van der Waals surface area (Å²) in [6.45, 7) is 5.52. The first-order chi connectivity index (χ1) is 16.2. The van der Waals surface area contributed by atoms with Crippen molar-refractivity contribution in [3.63, 3.8) is 0 Å². The number of benzene rings is 2. The van der Waals surface area contributed by atoms with E-state index in [0.29, 0.717) is 12.8 Å². The number of aliphatic carboxylic acids is 1. The summed E-state index contributed by atoms with van der Waals surface area (Å²) in [6.07, 6.45) is 1.46. The minimum Gasteiger partial charge on any atom is -0.480 e. The number of fused-ring (bicyclic) bond motifs is 3. The van der Waals surface area contributed by atoms with E-state index in [1.807, 2.05) is 24.3 Å². The number of rotatable bonds is 6. The van der Waals surface area contributed by atoms with Crippen LogP contribution in [0.3, 0.4) is 0 Å². The first-order valence-corrected chi connectivity index (χ1v) is 11.8. The molecular weight excluding hydrogens is 432 g/mol. The standard InChI is InChI=1S/C27H32N2O5/c1-27(2,3)23(25(31)32)29-24(30)20-13-8-14-22(20)28-26(33)34-15-21-18-11-6-4-9-16(18)17-10-5-7-12-19(17)21/h4-7,9-12,20-23H,8,13-15H2,1-3H3,(H,28,33)(H,29,30)(H,31,32)/t20-,22+,23+/m0/s1. The molecule has 180 valence electrons. The molecule has 2 amide bonds. The number of carbonyl (C=O) groups excluding carboxylic acids is 2. The molecule has 1 saturated carbocycles. The molecule has 3 atom stereocenters. The maximum Gasteiger partial charge on any atom is 0.407 e. The highest BCUT2D eigenvalue weighted by atomic mass is 16.5. The van der Waals surface area contributed by atoms with Gasteiger partial charge in [0, 0.05) is 12.0 Å². The number of nitrogens with one attached hydrogen (secondary N) is 2. The van der Waals surface area contributed by atoms with E-state index in [1.165, 1.54) is 0 Å². The van der Waals surface area contributed by atoms with Gasteiger partial charge in [0.15, 0.2) is 0 Å². The van der Waals surface area contributed by atoms with Crippen LogP contribution in [0.25, 0.3) is 11.1 Å². The lowest BCUT2D eigenvalue weighted by Crippen LogP contribution is -2.53. The van der Waals surface area contributed by atoms with Gasteiger partial charge in [-0.15, -0.1) is 0 Å². The molecule has 3 N–H and O–H groups in total. The number of hydrogen-bond acceptors (Lipinski definition) is 4. The number of hydrogen-bond donors (Lipinski definition) is 3. The van der Waals surface area contributed by atoms with Crippen LogP contribution in [0.5, 0.6) is 0 Å². The van der Waals surface area contributed by atoms with Crippen molar-refractivity contribution in [1.82, 2.24) is 10.6 Å². The zero-order valence-electron chi connectivity index (χ0n) is 19.8. The first-order valence-electron chi connectivity index (χ1n) is 11.8. The van der Waals surface area contributed by atoms with Gasteiger partial charge in [-0.3, -0.25) is 4.79 Å². The van der Waals surface area contributed by atoms with Crippen molar-refractivity contribution in [2.24, 2.45) is 11.3 Å². The molecule has 7 nitrogen and oxygen atoms in total. The van der Waals surface area contributed by atoms with Crippen LogP contribution in [0.4, 0.5) is 4.79 Å². The van der Waals surface area contributed by atoms with Crippen LogP contribution in [0.2, 0.25) is 0 Å². The highest BCUT2D eigenvalue weighted by Crippen LogP contribution is 2.44. The number of carboxylic acid groups (broad SMARTS) is 1. The van der Waals surface area contributed by atoms with Crippen molar-refractivity contribution in [2.75, 3.05) is 6.61 Å². The quantitative estimate of drug-likeness (QED) is 0.591. The molecule has 0 radical (unpaired) electrons. The Balaban J connectivity index is 1.38. The van der Waals surface area contributed by atoms with E-state index in [2.05, 4.69) is 34.9 Å². The van der Waals surface area contributed by atoms with Crippen molar-refractivity contribution in [2.45, 2.75) is 58.0 Å². The normalized spacial score (nSPS) is 20.2. The molecule has 0 heterocycles.